The normalized spacial score (nSPS) is 12.3. The zero-order valence-corrected chi connectivity index (χ0v) is 8.19. The first-order chi connectivity index (χ1) is 6.40. The number of aliphatic carboxylic acids is 1. The van der Waals surface area contributed by atoms with Gasteiger partial charge in [-0.2, -0.15) is 5.26 Å². The van der Waals surface area contributed by atoms with Gasteiger partial charge < -0.3 is 5.11 Å². The first kappa shape index (κ1) is 12.6. The smallest absolute Gasteiger partial charge is 0.369 e. The molecule has 0 rings (SSSR count). The standard InChI is InChI=1S/C9H14O5/c1-5(2)4-7(8(10)11)6(3)9(12)14-13/h5,7,13H,3-4H2,1-2H3,(H,10,11)/t7-/m1/s1. The van der Waals surface area contributed by atoms with Gasteiger partial charge >= 0.3 is 11.9 Å². The number of carboxylic acid groups (broad SMARTS) is 1. The van der Waals surface area contributed by atoms with E-state index in [9.17, 15) is 9.59 Å². The van der Waals surface area contributed by atoms with Gasteiger partial charge in [-0.15, -0.1) is 0 Å². The highest BCUT2D eigenvalue weighted by Crippen LogP contribution is 2.20. The van der Waals surface area contributed by atoms with Gasteiger partial charge in [-0.3, -0.25) is 9.68 Å². The molecule has 0 aliphatic rings. The van der Waals surface area contributed by atoms with E-state index >= 15 is 0 Å². The van der Waals surface area contributed by atoms with E-state index in [4.69, 9.17) is 10.4 Å². The Morgan fingerprint density at radius 1 is 1.43 bits per heavy atom. The van der Waals surface area contributed by atoms with Gasteiger partial charge in [0, 0.05) is 5.57 Å². The molecule has 80 valence electrons. The Morgan fingerprint density at radius 2 is 1.93 bits per heavy atom. The molecule has 0 aromatic rings. The molecule has 0 amide bonds. The highest BCUT2D eigenvalue weighted by Gasteiger charge is 2.27. The Hall–Kier alpha value is -1.36. The van der Waals surface area contributed by atoms with Crippen molar-refractivity contribution in [1.82, 2.24) is 0 Å². The SMILES string of the molecule is C=C(C(=O)OO)[C@@H](CC(C)C)C(=O)O. The Labute approximate surface area is 81.9 Å². The molecule has 0 aliphatic carbocycles. The van der Waals surface area contributed by atoms with Gasteiger partial charge in [0.1, 0.15) is 0 Å². The molecule has 5 heteroatoms. The van der Waals surface area contributed by atoms with Crippen LogP contribution in [-0.4, -0.2) is 22.3 Å². The summed E-state index contributed by atoms with van der Waals surface area (Å²) in [6.45, 7) is 6.94. The molecule has 0 aliphatic heterocycles. The molecule has 0 bridgehead atoms. The second-order valence-electron chi connectivity index (χ2n) is 3.42. The third-order valence-corrected chi connectivity index (χ3v) is 1.77. The van der Waals surface area contributed by atoms with Crippen LogP contribution in [0.3, 0.4) is 0 Å². The first-order valence-electron chi connectivity index (χ1n) is 4.17. The molecule has 2 N–H and O–H groups in total. The van der Waals surface area contributed by atoms with Crippen LogP contribution >= 0.6 is 0 Å². The molecule has 5 nitrogen and oxygen atoms in total. The predicted molar refractivity (Wildman–Crippen MR) is 48.4 cm³/mol. The number of carbonyl (C=O) groups excluding carboxylic acids is 1. The molecular weight excluding hydrogens is 188 g/mol. The van der Waals surface area contributed by atoms with Crippen molar-refractivity contribution in [2.75, 3.05) is 0 Å². The Balaban J connectivity index is 4.58. The van der Waals surface area contributed by atoms with Crippen molar-refractivity contribution in [2.45, 2.75) is 20.3 Å². The van der Waals surface area contributed by atoms with Crippen LogP contribution in [0, 0.1) is 11.8 Å². The van der Waals surface area contributed by atoms with E-state index in [0.29, 0.717) is 0 Å². The molecule has 0 fully saturated rings. The van der Waals surface area contributed by atoms with Gasteiger partial charge in [0.15, 0.2) is 0 Å². The highest BCUT2D eigenvalue weighted by atomic mass is 17.1. The van der Waals surface area contributed by atoms with Gasteiger partial charge in [0.2, 0.25) is 0 Å². The molecular formula is C9H14O5. The molecule has 0 unspecified atom stereocenters. The second kappa shape index (κ2) is 5.39. The van der Waals surface area contributed by atoms with Crippen LogP contribution in [0.25, 0.3) is 0 Å². The number of hydrogen-bond acceptors (Lipinski definition) is 4. The van der Waals surface area contributed by atoms with E-state index in [-0.39, 0.29) is 17.9 Å². The van der Waals surface area contributed by atoms with Gasteiger partial charge in [0.25, 0.3) is 0 Å². The maximum Gasteiger partial charge on any atom is 0.369 e. The number of rotatable bonds is 5. The van der Waals surface area contributed by atoms with Crippen LogP contribution in [0.1, 0.15) is 20.3 Å². The summed E-state index contributed by atoms with van der Waals surface area (Å²) in [5.74, 6) is -3.14. The lowest BCUT2D eigenvalue weighted by Gasteiger charge is -2.14. The summed E-state index contributed by atoms with van der Waals surface area (Å²) in [5.41, 5.74) is -0.242. The molecule has 0 aromatic heterocycles. The summed E-state index contributed by atoms with van der Waals surface area (Å²) in [6.07, 6.45) is 0.281. The zero-order chi connectivity index (χ0) is 11.3. The quantitative estimate of drug-likeness (QED) is 0.399. The molecule has 0 radical (unpaired) electrons. The van der Waals surface area contributed by atoms with Crippen molar-refractivity contribution in [1.29, 1.82) is 0 Å². The fourth-order valence-corrected chi connectivity index (χ4v) is 1.06. The minimum Gasteiger partial charge on any atom is -0.481 e. The lowest BCUT2D eigenvalue weighted by Crippen LogP contribution is -2.23. The van der Waals surface area contributed by atoms with Crippen LogP contribution in [0.15, 0.2) is 12.2 Å². The summed E-state index contributed by atoms with van der Waals surface area (Å²) >= 11 is 0. The summed E-state index contributed by atoms with van der Waals surface area (Å²) < 4.78 is 0. The summed E-state index contributed by atoms with van der Waals surface area (Å²) in [5, 5.41) is 16.9. The molecule has 0 saturated carbocycles. The van der Waals surface area contributed by atoms with Crippen molar-refractivity contribution >= 4 is 11.9 Å². The van der Waals surface area contributed by atoms with Crippen LogP contribution < -0.4 is 0 Å². The fourth-order valence-electron chi connectivity index (χ4n) is 1.06. The van der Waals surface area contributed by atoms with Crippen LogP contribution in [0.5, 0.6) is 0 Å². The topological polar surface area (TPSA) is 83.8 Å². The van der Waals surface area contributed by atoms with E-state index in [0.717, 1.165) is 0 Å². The molecule has 1 atom stereocenters. The van der Waals surface area contributed by atoms with Crippen molar-refractivity contribution in [3.8, 4) is 0 Å². The van der Waals surface area contributed by atoms with Gasteiger partial charge in [-0.1, -0.05) is 20.4 Å². The van der Waals surface area contributed by atoms with E-state index in [1.54, 1.807) is 0 Å². The monoisotopic (exact) mass is 202 g/mol. The van der Waals surface area contributed by atoms with E-state index in [1.165, 1.54) is 0 Å². The summed E-state index contributed by atoms with van der Waals surface area (Å²) in [6, 6.07) is 0. The maximum absolute atomic E-state index is 10.8. The van der Waals surface area contributed by atoms with E-state index < -0.39 is 17.9 Å². The maximum atomic E-state index is 10.8. The molecule has 0 heterocycles. The van der Waals surface area contributed by atoms with Crippen LogP contribution in [0.4, 0.5) is 0 Å². The highest BCUT2D eigenvalue weighted by molar-refractivity contribution is 5.94. The number of carbonyl (C=O) groups is 2. The molecule has 0 saturated heterocycles. The zero-order valence-electron chi connectivity index (χ0n) is 8.19. The molecule has 14 heavy (non-hydrogen) atoms. The third kappa shape index (κ3) is 3.57. The molecule has 0 spiro atoms. The van der Waals surface area contributed by atoms with E-state index in [1.807, 2.05) is 13.8 Å². The lowest BCUT2D eigenvalue weighted by atomic mass is 9.91. The second-order valence-corrected chi connectivity index (χ2v) is 3.42. The minimum atomic E-state index is -1.14. The first-order valence-corrected chi connectivity index (χ1v) is 4.17. The molecule has 0 aromatic carbocycles. The Kier molecular flexibility index (Phi) is 4.86. The van der Waals surface area contributed by atoms with Crippen LogP contribution in [0.2, 0.25) is 0 Å². The van der Waals surface area contributed by atoms with Crippen molar-refractivity contribution < 1.29 is 24.8 Å². The fraction of sp³-hybridized carbons (Fsp3) is 0.556. The number of carboxylic acids is 1. The summed E-state index contributed by atoms with van der Waals surface area (Å²) in [7, 11) is 0. The van der Waals surface area contributed by atoms with Gasteiger partial charge in [-0.25, -0.2) is 4.79 Å². The average Bonchev–Trinajstić information content (AvgIpc) is 2.11. The van der Waals surface area contributed by atoms with Crippen molar-refractivity contribution in [3.05, 3.63) is 12.2 Å². The van der Waals surface area contributed by atoms with Crippen molar-refractivity contribution in [3.63, 3.8) is 0 Å². The Morgan fingerprint density at radius 3 is 2.21 bits per heavy atom. The van der Waals surface area contributed by atoms with Crippen LogP contribution in [-0.2, 0) is 14.5 Å². The summed E-state index contributed by atoms with van der Waals surface area (Å²) in [4.78, 5) is 25.0. The van der Waals surface area contributed by atoms with Crippen molar-refractivity contribution in [2.24, 2.45) is 11.8 Å². The predicted octanol–water partition coefficient (Wildman–Crippen LogP) is 1.31. The van der Waals surface area contributed by atoms with Gasteiger partial charge in [-0.05, 0) is 12.3 Å². The average molecular weight is 202 g/mol. The minimum absolute atomic E-state index is 0.111. The largest absolute Gasteiger partial charge is 0.481 e. The number of hydrogen-bond donors (Lipinski definition) is 2. The van der Waals surface area contributed by atoms with Gasteiger partial charge in [0.05, 0.1) is 5.92 Å². The third-order valence-electron chi connectivity index (χ3n) is 1.77. The van der Waals surface area contributed by atoms with E-state index in [2.05, 4.69) is 11.5 Å². The lowest BCUT2D eigenvalue weighted by molar-refractivity contribution is -0.230. The Bertz CT molecular complexity index is 244.